The Balaban J connectivity index is 1.51. The van der Waals surface area contributed by atoms with E-state index in [0.29, 0.717) is 29.0 Å². The quantitative estimate of drug-likeness (QED) is 0.497. The van der Waals surface area contributed by atoms with Gasteiger partial charge in [-0.3, -0.25) is 4.79 Å². The van der Waals surface area contributed by atoms with Gasteiger partial charge in [-0.25, -0.2) is 9.59 Å². The predicted octanol–water partition coefficient (Wildman–Crippen LogP) is 3.51. The molecule has 1 saturated heterocycles. The fourth-order valence-electron chi connectivity index (χ4n) is 3.50. The molecular formula is C21H19NO5S. The number of esters is 1. The lowest BCUT2D eigenvalue weighted by molar-refractivity contribution is -0.149. The third kappa shape index (κ3) is 3.57. The van der Waals surface area contributed by atoms with E-state index in [1.54, 1.807) is 17.0 Å². The summed E-state index contributed by atoms with van der Waals surface area (Å²) in [5.74, 6) is -0.591. The number of thiophene rings is 1. The first-order valence-corrected chi connectivity index (χ1v) is 9.95. The van der Waals surface area contributed by atoms with Crippen molar-refractivity contribution in [2.45, 2.75) is 32.4 Å². The summed E-state index contributed by atoms with van der Waals surface area (Å²) in [5, 5.41) is 2.57. The highest BCUT2D eigenvalue weighted by Gasteiger charge is 2.36. The number of benzene rings is 1. The molecule has 0 aliphatic carbocycles. The molecule has 6 nitrogen and oxygen atoms in total. The number of hydrogen-bond acceptors (Lipinski definition) is 6. The standard InChI is InChI=1S/C21H19NO5S/c1-13-6-7-15-14(11-19(23)27-17(15)10-13)12-26-21(25)16-4-2-8-22(16)20(24)18-5-3-9-28-18/h3,5-7,9-11,16H,2,4,8,12H2,1H3/t16-/m1/s1. The van der Waals surface area contributed by atoms with Crippen LogP contribution < -0.4 is 5.63 Å². The van der Waals surface area contributed by atoms with E-state index in [1.165, 1.54) is 17.4 Å². The summed E-state index contributed by atoms with van der Waals surface area (Å²) in [6.07, 6.45) is 1.33. The van der Waals surface area contributed by atoms with E-state index in [2.05, 4.69) is 0 Å². The molecule has 1 aliphatic heterocycles. The van der Waals surface area contributed by atoms with Crippen LogP contribution in [0.2, 0.25) is 0 Å². The second-order valence-corrected chi connectivity index (χ2v) is 7.78. The number of carbonyl (C=O) groups is 2. The number of aryl methyl sites for hydroxylation is 1. The minimum atomic E-state index is -0.594. The molecule has 2 aromatic heterocycles. The minimum absolute atomic E-state index is 0.0402. The van der Waals surface area contributed by atoms with Gasteiger partial charge in [-0.15, -0.1) is 11.3 Å². The van der Waals surface area contributed by atoms with Crippen LogP contribution in [-0.4, -0.2) is 29.4 Å². The summed E-state index contributed by atoms with van der Waals surface area (Å²) in [4.78, 5) is 39.3. The van der Waals surface area contributed by atoms with Crippen molar-refractivity contribution >= 4 is 34.2 Å². The lowest BCUT2D eigenvalue weighted by Gasteiger charge is -2.22. The number of ether oxygens (including phenoxy) is 1. The molecule has 144 valence electrons. The molecule has 3 heterocycles. The van der Waals surface area contributed by atoms with Gasteiger partial charge in [-0.1, -0.05) is 18.2 Å². The maximum Gasteiger partial charge on any atom is 0.336 e. The van der Waals surface area contributed by atoms with Crippen molar-refractivity contribution in [1.29, 1.82) is 0 Å². The van der Waals surface area contributed by atoms with Crippen LogP contribution in [-0.2, 0) is 16.1 Å². The van der Waals surface area contributed by atoms with Crippen LogP contribution in [0.15, 0.2) is 51.0 Å². The molecule has 1 fully saturated rings. The zero-order chi connectivity index (χ0) is 19.7. The number of nitrogens with zero attached hydrogens (tertiary/aromatic N) is 1. The fourth-order valence-corrected chi connectivity index (χ4v) is 4.18. The van der Waals surface area contributed by atoms with Crippen molar-refractivity contribution in [3.63, 3.8) is 0 Å². The Hall–Kier alpha value is -2.93. The number of likely N-dealkylation sites (tertiary alicyclic amines) is 1. The third-order valence-corrected chi connectivity index (χ3v) is 5.73. The maximum atomic E-state index is 12.7. The fraction of sp³-hybridized carbons (Fsp3) is 0.286. The van der Waals surface area contributed by atoms with E-state index in [9.17, 15) is 14.4 Å². The van der Waals surface area contributed by atoms with Crippen LogP contribution in [0.3, 0.4) is 0 Å². The van der Waals surface area contributed by atoms with Gasteiger partial charge in [0.25, 0.3) is 5.91 Å². The molecule has 0 spiro atoms. The molecule has 1 aromatic carbocycles. The van der Waals surface area contributed by atoms with Crippen molar-refractivity contribution < 1.29 is 18.7 Å². The first-order chi connectivity index (χ1) is 13.5. The zero-order valence-electron chi connectivity index (χ0n) is 15.3. The van der Waals surface area contributed by atoms with Gasteiger partial charge in [0.15, 0.2) is 0 Å². The topological polar surface area (TPSA) is 76.8 Å². The first-order valence-electron chi connectivity index (χ1n) is 9.07. The summed E-state index contributed by atoms with van der Waals surface area (Å²) in [6.45, 7) is 2.40. The minimum Gasteiger partial charge on any atom is -0.459 e. The zero-order valence-corrected chi connectivity index (χ0v) is 16.2. The molecule has 4 rings (SSSR count). The number of carbonyl (C=O) groups excluding carboxylic acids is 2. The smallest absolute Gasteiger partial charge is 0.336 e. The largest absolute Gasteiger partial charge is 0.459 e. The monoisotopic (exact) mass is 397 g/mol. The molecule has 3 aromatic rings. The van der Waals surface area contributed by atoms with Crippen LogP contribution in [0.5, 0.6) is 0 Å². The van der Waals surface area contributed by atoms with E-state index in [4.69, 9.17) is 9.15 Å². The number of amides is 1. The molecule has 0 unspecified atom stereocenters. The first kappa shape index (κ1) is 18.4. The van der Waals surface area contributed by atoms with Crippen LogP contribution in [0.25, 0.3) is 11.0 Å². The Labute approximate surface area is 165 Å². The Bertz CT molecular complexity index is 1090. The van der Waals surface area contributed by atoms with Gasteiger partial charge >= 0.3 is 11.6 Å². The molecule has 7 heteroatoms. The summed E-state index contributed by atoms with van der Waals surface area (Å²) in [7, 11) is 0. The van der Waals surface area contributed by atoms with Crippen LogP contribution in [0, 0.1) is 6.92 Å². The van der Waals surface area contributed by atoms with Crippen molar-refractivity contribution in [2.24, 2.45) is 0 Å². The molecule has 0 radical (unpaired) electrons. The Morgan fingerprint density at radius 2 is 2.14 bits per heavy atom. The van der Waals surface area contributed by atoms with Crippen molar-refractivity contribution in [3.8, 4) is 0 Å². The highest BCUT2D eigenvalue weighted by Crippen LogP contribution is 2.24. The van der Waals surface area contributed by atoms with E-state index >= 15 is 0 Å². The van der Waals surface area contributed by atoms with E-state index in [0.717, 1.165) is 17.4 Å². The second-order valence-electron chi connectivity index (χ2n) is 6.83. The maximum absolute atomic E-state index is 12.7. The molecule has 28 heavy (non-hydrogen) atoms. The van der Waals surface area contributed by atoms with E-state index in [-0.39, 0.29) is 12.5 Å². The van der Waals surface area contributed by atoms with E-state index in [1.807, 2.05) is 30.5 Å². The molecule has 1 atom stereocenters. The van der Waals surface area contributed by atoms with Crippen molar-refractivity contribution in [3.05, 3.63) is 68.2 Å². The highest BCUT2D eigenvalue weighted by atomic mass is 32.1. The molecule has 0 saturated carbocycles. The van der Waals surface area contributed by atoms with Gasteiger partial charge in [0, 0.05) is 23.6 Å². The molecule has 0 bridgehead atoms. The van der Waals surface area contributed by atoms with Gasteiger partial charge in [-0.2, -0.15) is 0 Å². The molecule has 1 aliphatic rings. The lowest BCUT2D eigenvalue weighted by Crippen LogP contribution is -2.41. The normalized spacial score (nSPS) is 16.5. The predicted molar refractivity (Wildman–Crippen MR) is 105 cm³/mol. The molecule has 1 amide bonds. The van der Waals surface area contributed by atoms with Crippen molar-refractivity contribution in [1.82, 2.24) is 4.90 Å². The number of fused-ring (bicyclic) bond motifs is 1. The highest BCUT2D eigenvalue weighted by molar-refractivity contribution is 7.12. The average molecular weight is 397 g/mol. The summed E-state index contributed by atoms with van der Waals surface area (Å²) >= 11 is 1.36. The van der Waals surface area contributed by atoms with Crippen LogP contribution in [0.4, 0.5) is 0 Å². The van der Waals surface area contributed by atoms with E-state index < -0.39 is 17.6 Å². The number of hydrogen-bond donors (Lipinski definition) is 0. The van der Waals surface area contributed by atoms with Gasteiger partial charge in [0.2, 0.25) is 0 Å². The van der Waals surface area contributed by atoms with Crippen LogP contribution in [0.1, 0.15) is 33.6 Å². The lowest BCUT2D eigenvalue weighted by atomic mass is 10.1. The Kier molecular flexibility index (Phi) is 5.00. The molecular weight excluding hydrogens is 378 g/mol. The van der Waals surface area contributed by atoms with Crippen molar-refractivity contribution in [2.75, 3.05) is 6.54 Å². The van der Waals surface area contributed by atoms with Gasteiger partial charge in [0.05, 0.1) is 4.88 Å². The van der Waals surface area contributed by atoms with Crippen LogP contribution >= 0.6 is 11.3 Å². The Morgan fingerprint density at radius 3 is 2.93 bits per heavy atom. The third-order valence-electron chi connectivity index (χ3n) is 4.87. The average Bonchev–Trinajstić information content (AvgIpc) is 3.36. The molecule has 0 N–H and O–H groups in total. The second kappa shape index (κ2) is 7.59. The van der Waals surface area contributed by atoms with Gasteiger partial charge < -0.3 is 14.1 Å². The van der Waals surface area contributed by atoms with Gasteiger partial charge in [0.1, 0.15) is 18.2 Å². The SMILES string of the molecule is Cc1ccc2c(COC(=O)[C@H]3CCCN3C(=O)c3cccs3)cc(=O)oc2c1. The van der Waals surface area contributed by atoms with Gasteiger partial charge in [-0.05, 0) is 42.8 Å². The Morgan fingerprint density at radius 1 is 1.29 bits per heavy atom. The summed E-state index contributed by atoms with van der Waals surface area (Å²) in [6, 6.07) is 9.85. The number of rotatable bonds is 4. The summed E-state index contributed by atoms with van der Waals surface area (Å²) in [5.41, 5.74) is 1.54. The summed E-state index contributed by atoms with van der Waals surface area (Å²) < 4.78 is 10.7.